The van der Waals surface area contributed by atoms with Gasteiger partial charge in [-0.2, -0.15) is 0 Å². The number of hydrogen-bond acceptors (Lipinski definition) is 2. The normalized spacial score (nSPS) is 13.0. The van der Waals surface area contributed by atoms with E-state index in [9.17, 15) is 0 Å². The predicted molar refractivity (Wildman–Crippen MR) is 36.1 cm³/mol. The zero-order valence-corrected chi connectivity index (χ0v) is 5.09. The van der Waals surface area contributed by atoms with Crippen molar-refractivity contribution in [2.45, 2.75) is 6.92 Å². The van der Waals surface area contributed by atoms with Gasteiger partial charge in [-0.05, 0) is 13.0 Å². The van der Waals surface area contributed by atoms with Crippen molar-refractivity contribution in [1.82, 2.24) is 0 Å². The van der Waals surface area contributed by atoms with Crippen LogP contribution >= 0.6 is 0 Å². The first kappa shape index (κ1) is 7.24. The second-order valence-corrected chi connectivity index (χ2v) is 1.57. The number of nitrogens with two attached hydrogens (primary N) is 2. The summed E-state index contributed by atoms with van der Waals surface area (Å²) in [6, 6.07) is 0. The summed E-state index contributed by atoms with van der Waals surface area (Å²) < 4.78 is 0. The van der Waals surface area contributed by atoms with Crippen molar-refractivity contribution in [3.05, 3.63) is 23.9 Å². The Morgan fingerprint density at radius 1 is 1.62 bits per heavy atom. The summed E-state index contributed by atoms with van der Waals surface area (Å²) in [5.41, 5.74) is 11.3. The van der Waals surface area contributed by atoms with Gasteiger partial charge < -0.3 is 11.5 Å². The van der Waals surface area contributed by atoms with Crippen molar-refractivity contribution < 1.29 is 0 Å². The van der Waals surface area contributed by atoms with Gasteiger partial charge in [-0.25, -0.2) is 0 Å². The van der Waals surface area contributed by atoms with E-state index >= 15 is 0 Å². The summed E-state index contributed by atoms with van der Waals surface area (Å²) in [6.45, 7) is 2.41. The van der Waals surface area contributed by atoms with Gasteiger partial charge >= 0.3 is 0 Å². The highest BCUT2D eigenvalue weighted by Gasteiger charge is 1.67. The van der Waals surface area contributed by atoms with Gasteiger partial charge in [0, 0.05) is 12.2 Å². The van der Waals surface area contributed by atoms with Gasteiger partial charge in [0.15, 0.2) is 0 Å². The van der Waals surface area contributed by atoms with Crippen LogP contribution in [0.5, 0.6) is 0 Å². The molecular weight excluding hydrogens is 100 g/mol. The average Bonchev–Trinajstić information content (AvgIpc) is 1.66. The van der Waals surface area contributed by atoms with Gasteiger partial charge in [0.1, 0.15) is 0 Å². The number of allylic oxidation sites excluding steroid dienone is 3. The van der Waals surface area contributed by atoms with E-state index in [1.165, 1.54) is 0 Å². The van der Waals surface area contributed by atoms with Gasteiger partial charge in [0.05, 0.1) is 0 Å². The van der Waals surface area contributed by atoms with Crippen LogP contribution in [0, 0.1) is 0 Å². The molecule has 2 heteroatoms. The maximum atomic E-state index is 5.30. The molecule has 0 aliphatic heterocycles. The summed E-state index contributed by atoms with van der Waals surface area (Å²) in [5, 5.41) is 0. The third kappa shape index (κ3) is 5.24. The molecule has 0 unspecified atom stereocenters. The molecule has 0 rings (SSSR count). The van der Waals surface area contributed by atoms with E-state index in [4.69, 9.17) is 11.5 Å². The minimum absolute atomic E-state index is 0.573. The van der Waals surface area contributed by atoms with Crippen LogP contribution in [0.3, 0.4) is 0 Å². The highest BCUT2D eigenvalue weighted by molar-refractivity contribution is 5.07. The fraction of sp³-hybridized carbons (Fsp3) is 0.333. The molecule has 46 valence electrons. The lowest BCUT2D eigenvalue weighted by Crippen LogP contribution is -1.92. The van der Waals surface area contributed by atoms with Crippen LogP contribution in [-0.2, 0) is 0 Å². The molecule has 4 N–H and O–H groups in total. The Hall–Kier alpha value is -0.760. The third-order valence-electron chi connectivity index (χ3n) is 0.631. The molecule has 0 spiro atoms. The minimum Gasteiger partial charge on any atom is -0.402 e. The van der Waals surface area contributed by atoms with Crippen molar-refractivity contribution in [3.63, 3.8) is 0 Å². The second-order valence-electron chi connectivity index (χ2n) is 1.57. The monoisotopic (exact) mass is 112 g/mol. The molecule has 0 aromatic heterocycles. The Morgan fingerprint density at radius 3 is 2.62 bits per heavy atom. The fourth-order valence-electron chi connectivity index (χ4n) is 0.298. The van der Waals surface area contributed by atoms with Crippen LogP contribution in [0.1, 0.15) is 6.92 Å². The van der Waals surface area contributed by atoms with E-state index in [0.717, 1.165) is 5.70 Å². The molecule has 0 bridgehead atoms. The molecule has 0 radical (unpaired) electrons. The predicted octanol–water partition coefficient (Wildman–Crippen LogP) is 0.364. The second kappa shape index (κ2) is 4.40. The third-order valence-corrected chi connectivity index (χ3v) is 0.631. The molecule has 0 aliphatic carbocycles. The van der Waals surface area contributed by atoms with Crippen LogP contribution in [0.2, 0.25) is 0 Å². The highest BCUT2D eigenvalue weighted by atomic mass is 14.5. The van der Waals surface area contributed by atoms with E-state index in [-0.39, 0.29) is 0 Å². The minimum atomic E-state index is 0.573. The summed E-state index contributed by atoms with van der Waals surface area (Å²) in [5.74, 6) is 0. The average molecular weight is 112 g/mol. The highest BCUT2D eigenvalue weighted by Crippen LogP contribution is 1.79. The summed E-state index contributed by atoms with van der Waals surface area (Å²) >= 11 is 0. The standard InChI is InChI=1S/C6H12N2/c1-6(8)4-2-3-5-7/h2-4H,5,7-8H2,1H3/b3-2-,6-4+. The Morgan fingerprint density at radius 2 is 2.25 bits per heavy atom. The van der Waals surface area contributed by atoms with Crippen molar-refractivity contribution in [2.75, 3.05) is 6.54 Å². The van der Waals surface area contributed by atoms with Crippen molar-refractivity contribution in [1.29, 1.82) is 0 Å². The first-order chi connectivity index (χ1) is 3.77. The molecule has 0 aliphatic rings. The molecule has 0 fully saturated rings. The van der Waals surface area contributed by atoms with Gasteiger partial charge in [0.25, 0.3) is 0 Å². The lowest BCUT2D eigenvalue weighted by Gasteiger charge is -1.81. The molecule has 0 heterocycles. The largest absolute Gasteiger partial charge is 0.402 e. The van der Waals surface area contributed by atoms with Crippen molar-refractivity contribution in [2.24, 2.45) is 11.5 Å². The Labute approximate surface area is 49.9 Å². The molecule has 0 aromatic rings. The van der Waals surface area contributed by atoms with Crippen LogP contribution in [0.4, 0.5) is 0 Å². The Bertz CT molecular complexity index is 99.1. The molecule has 0 amide bonds. The molecular formula is C6H12N2. The maximum absolute atomic E-state index is 5.30. The molecule has 0 saturated heterocycles. The molecule has 2 nitrogen and oxygen atoms in total. The smallest absolute Gasteiger partial charge is 0.0109 e. The SMILES string of the molecule is C/C(N)=C\C=C/CN. The van der Waals surface area contributed by atoms with E-state index in [0.29, 0.717) is 6.54 Å². The topological polar surface area (TPSA) is 52.0 Å². The summed E-state index contributed by atoms with van der Waals surface area (Å²) in [7, 11) is 0. The number of rotatable bonds is 2. The zero-order valence-electron chi connectivity index (χ0n) is 5.09. The van der Waals surface area contributed by atoms with Crippen LogP contribution in [-0.4, -0.2) is 6.54 Å². The van der Waals surface area contributed by atoms with E-state index in [1.807, 2.05) is 25.2 Å². The zero-order chi connectivity index (χ0) is 6.41. The molecule has 8 heavy (non-hydrogen) atoms. The van der Waals surface area contributed by atoms with Crippen LogP contribution < -0.4 is 11.5 Å². The summed E-state index contributed by atoms with van der Waals surface area (Å²) in [4.78, 5) is 0. The van der Waals surface area contributed by atoms with Crippen molar-refractivity contribution in [3.8, 4) is 0 Å². The van der Waals surface area contributed by atoms with E-state index < -0.39 is 0 Å². The first-order valence-electron chi connectivity index (χ1n) is 2.56. The fourth-order valence-corrected chi connectivity index (χ4v) is 0.298. The number of hydrogen-bond donors (Lipinski definition) is 2. The van der Waals surface area contributed by atoms with Gasteiger partial charge in [-0.1, -0.05) is 12.2 Å². The quantitative estimate of drug-likeness (QED) is 0.507. The van der Waals surface area contributed by atoms with E-state index in [2.05, 4.69) is 0 Å². The first-order valence-corrected chi connectivity index (χ1v) is 2.56. The Kier molecular flexibility index (Phi) is 3.98. The molecule has 0 saturated carbocycles. The Balaban J connectivity index is 3.42. The summed E-state index contributed by atoms with van der Waals surface area (Å²) in [6.07, 6.45) is 5.50. The van der Waals surface area contributed by atoms with Gasteiger partial charge in [-0.15, -0.1) is 0 Å². The van der Waals surface area contributed by atoms with Crippen molar-refractivity contribution >= 4 is 0 Å². The lowest BCUT2D eigenvalue weighted by molar-refractivity contribution is 1.25. The molecule has 0 aromatic carbocycles. The van der Waals surface area contributed by atoms with E-state index in [1.54, 1.807) is 0 Å². The van der Waals surface area contributed by atoms with Crippen LogP contribution in [0.15, 0.2) is 23.9 Å². The maximum Gasteiger partial charge on any atom is 0.0109 e. The van der Waals surface area contributed by atoms with Gasteiger partial charge in [0.2, 0.25) is 0 Å². The lowest BCUT2D eigenvalue weighted by atomic mass is 10.4. The molecule has 0 atom stereocenters. The van der Waals surface area contributed by atoms with Gasteiger partial charge in [-0.3, -0.25) is 0 Å². The van der Waals surface area contributed by atoms with Crippen LogP contribution in [0.25, 0.3) is 0 Å².